The Balaban J connectivity index is 3.18. The van der Waals surface area contributed by atoms with Gasteiger partial charge in [0.15, 0.2) is 12.0 Å². The van der Waals surface area contributed by atoms with Gasteiger partial charge in [-0.2, -0.15) is 0 Å². The number of aliphatic hydroxyl groups is 2. The van der Waals surface area contributed by atoms with Crippen LogP contribution in [0.3, 0.4) is 0 Å². The number of guanidine groups is 1. The monoisotopic (exact) mass is 700 g/mol. The molecule has 1 aliphatic heterocycles. The molecule has 0 spiro atoms. The van der Waals surface area contributed by atoms with Crippen LogP contribution in [0.25, 0.3) is 0 Å². The molecular weight excluding hydrogens is 644 g/mol. The van der Waals surface area contributed by atoms with Gasteiger partial charge in [-0.05, 0) is 64.8 Å². The van der Waals surface area contributed by atoms with E-state index in [-0.39, 0.29) is 38.3 Å². The van der Waals surface area contributed by atoms with E-state index in [0.717, 1.165) is 0 Å². The molecule has 0 aromatic heterocycles. The van der Waals surface area contributed by atoms with Crippen LogP contribution < -0.4 is 44.2 Å². The highest BCUT2D eigenvalue weighted by atomic mass is 16.4. The summed E-state index contributed by atoms with van der Waals surface area (Å²) in [6.07, 6.45) is -0.263. The first-order chi connectivity index (χ1) is 22.9. The molecule has 0 unspecified atom stereocenters. The Morgan fingerprint density at radius 2 is 1.41 bits per heavy atom. The van der Waals surface area contributed by atoms with Gasteiger partial charge >= 0.3 is 5.97 Å². The number of carboxylic acids is 1. The molecule has 1 aliphatic rings. The second-order valence-corrected chi connectivity index (χ2v) is 12.6. The lowest BCUT2D eigenvalue weighted by Gasteiger charge is -2.31. The van der Waals surface area contributed by atoms with Crippen LogP contribution in [0.1, 0.15) is 72.6 Å². The maximum Gasteiger partial charge on any atom is 0.328 e. The maximum atomic E-state index is 13.6. The number of carboxylic acid groups (broad SMARTS) is 1. The number of hydrogen-bond donors (Lipinski definition) is 11. The summed E-state index contributed by atoms with van der Waals surface area (Å²) >= 11 is 0. The van der Waals surface area contributed by atoms with Gasteiger partial charge in [0.25, 0.3) is 0 Å². The van der Waals surface area contributed by atoms with Crippen LogP contribution in [0.4, 0.5) is 0 Å². The Labute approximate surface area is 286 Å². The molecule has 49 heavy (non-hydrogen) atoms. The quantitative estimate of drug-likeness (QED) is 0.0309. The van der Waals surface area contributed by atoms with Crippen LogP contribution in [0.5, 0.6) is 0 Å². The van der Waals surface area contributed by atoms with Crippen molar-refractivity contribution in [2.75, 3.05) is 19.6 Å². The number of rotatable bonds is 21. The molecule has 8 atom stereocenters. The number of likely N-dealkylation sites (tertiary alicyclic amines) is 1. The first-order valence-electron chi connectivity index (χ1n) is 16.5. The Kier molecular flexibility index (Phi) is 18.5. The number of unbranched alkanes of at least 4 members (excludes halogenated alkanes) is 1. The number of aliphatic hydroxyl groups excluding tert-OH is 2. The summed E-state index contributed by atoms with van der Waals surface area (Å²) in [6, 6.07) is -7.49. The van der Waals surface area contributed by atoms with Gasteiger partial charge in [0.05, 0.1) is 18.2 Å². The van der Waals surface area contributed by atoms with Gasteiger partial charge in [-0.15, -0.1) is 0 Å². The molecular formula is C30H56N10O9. The number of aliphatic imine (C=N–C) groups is 1. The molecule has 19 nitrogen and oxygen atoms in total. The Bertz CT molecular complexity index is 1160. The van der Waals surface area contributed by atoms with E-state index in [1.54, 1.807) is 13.8 Å². The van der Waals surface area contributed by atoms with Crippen molar-refractivity contribution in [2.24, 2.45) is 33.8 Å². The summed E-state index contributed by atoms with van der Waals surface area (Å²) in [6.45, 7) is 6.44. The fourth-order valence-electron chi connectivity index (χ4n) is 5.23. The molecule has 1 rings (SSSR count). The first kappa shape index (κ1) is 43.0. The predicted molar refractivity (Wildman–Crippen MR) is 179 cm³/mol. The maximum absolute atomic E-state index is 13.6. The standard InChI is InChI=1S/C30H56N10O9/c1-15(2)21(27(46)39-23(17(4)42)29(48)49)37-25(44)19(10-7-13-35-30(33)34)36-26(45)20-11-8-14-40(20)28(47)22(16(3)41)38-24(43)18(32)9-5-6-12-31/h15-23,41-42H,5-14,31-32H2,1-4H3,(H,36,45)(H,37,44)(H,38,43)(H,39,46)(H,48,49)(H4,33,34,35)/t16-,17-,18+,19+,20+,21+,22+,23+/m1/s1. The molecule has 0 aromatic rings. The molecule has 1 heterocycles. The van der Waals surface area contributed by atoms with E-state index in [4.69, 9.17) is 22.9 Å². The topological polar surface area (TPSA) is 331 Å². The largest absolute Gasteiger partial charge is 0.480 e. The van der Waals surface area contributed by atoms with Gasteiger partial charge in [-0.3, -0.25) is 29.0 Å². The lowest BCUT2D eigenvalue weighted by Crippen LogP contribution is -2.61. The second-order valence-electron chi connectivity index (χ2n) is 12.6. The summed E-state index contributed by atoms with van der Waals surface area (Å²) in [4.78, 5) is 83.1. The second kappa shape index (κ2) is 21.1. The van der Waals surface area contributed by atoms with E-state index in [1.165, 1.54) is 18.7 Å². The summed E-state index contributed by atoms with van der Waals surface area (Å²) in [5.41, 5.74) is 22.2. The van der Waals surface area contributed by atoms with E-state index >= 15 is 0 Å². The van der Waals surface area contributed by atoms with Crippen molar-refractivity contribution in [1.82, 2.24) is 26.2 Å². The fraction of sp³-hybridized carbons (Fsp3) is 0.767. The van der Waals surface area contributed by atoms with E-state index in [1.807, 2.05) is 0 Å². The molecule has 1 fully saturated rings. The highest BCUT2D eigenvalue weighted by Crippen LogP contribution is 2.20. The number of aliphatic carboxylic acids is 1. The third-order valence-corrected chi connectivity index (χ3v) is 8.06. The number of amides is 5. The van der Waals surface area contributed by atoms with Crippen LogP contribution in [0.2, 0.25) is 0 Å². The van der Waals surface area contributed by atoms with Gasteiger partial charge in [0.1, 0.15) is 24.2 Å². The number of nitrogens with two attached hydrogens (primary N) is 4. The number of carbonyl (C=O) groups is 6. The van der Waals surface area contributed by atoms with E-state index in [9.17, 15) is 44.1 Å². The third-order valence-electron chi connectivity index (χ3n) is 8.06. The van der Waals surface area contributed by atoms with Gasteiger partial charge in [0, 0.05) is 13.1 Å². The van der Waals surface area contributed by atoms with Crippen LogP contribution >= 0.6 is 0 Å². The number of hydrogen-bond acceptors (Lipinski definition) is 11. The zero-order chi connectivity index (χ0) is 37.4. The van der Waals surface area contributed by atoms with Gasteiger partial charge in [0.2, 0.25) is 29.5 Å². The molecule has 280 valence electrons. The highest BCUT2D eigenvalue weighted by Gasteiger charge is 2.41. The molecule has 5 amide bonds. The average molecular weight is 701 g/mol. The number of nitrogens with zero attached hydrogens (tertiary/aromatic N) is 2. The lowest BCUT2D eigenvalue weighted by molar-refractivity contribution is -0.145. The van der Waals surface area contributed by atoms with Crippen molar-refractivity contribution in [1.29, 1.82) is 0 Å². The first-order valence-corrected chi connectivity index (χ1v) is 16.5. The SMILES string of the molecule is CC(C)[C@H](NC(=O)[C@H](CCCN=C(N)N)NC(=O)[C@@H]1CCCN1C(=O)[C@@H](NC(=O)[C@@H](N)CCCCN)[C@@H](C)O)C(=O)N[C@H](C(=O)O)[C@@H](C)O. The van der Waals surface area contributed by atoms with Crippen molar-refractivity contribution in [3.8, 4) is 0 Å². The van der Waals surface area contributed by atoms with Gasteiger partial charge in [-0.1, -0.05) is 20.3 Å². The summed E-state index contributed by atoms with van der Waals surface area (Å²) in [5, 5.41) is 39.5. The molecule has 1 saturated heterocycles. The van der Waals surface area contributed by atoms with Crippen molar-refractivity contribution < 1.29 is 44.1 Å². The van der Waals surface area contributed by atoms with E-state index in [2.05, 4.69) is 26.3 Å². The molecule has 0 aliphatic carbocycles. The van der Waals surface area contributed by atoms with Crippen LogP contribution in [0.15, 0.2) is 4.99 Å². The molecule has 0 radical (unpaired) electrons. The van der Waals surface area contributed by atoms with E-state index in [0.29, 0.717) is 32.2 Å². The summed E-state index contributed by atoms with van der Waals surface area (Å²) < 4.78 is 0. The number of nitrogens with one attached hydrogen (secondary N) is 4. The number of carbonyl (C=O) groups excluding carboxylic acids is 5. The highest BCUT2D eigenvalue weighted by molar-refractivity contribution is 5.96. The minimum Gasteiger partial charge on any atom is -0.480 e. The molecule has 0 aromatic carbocycles. The zero-order valence-corrected chi connectivity index (χ0v) is 28.8. The van der Waals surface area contributed by atoms with E-state index < -0.39 is 89.9 Å². The Morgan fingerprint density at radius 1 is 0.816 bits per heavy atom. The average Bonchev–Trinajstić information content (AvgIpc) is 3.51. The third kappa shape index (κ3) is 14.1. The smallest absolute Gasteiger partial charge is 0.328 e. The normalized spacial score (nSPS) is 18.6. The molecule has 0 saturated carbocycles. The van der Waals surface area contributed by atoms with Gasteiger partial charge < -0.3 is 64.4 Å². The van der Waals surface area contributed by atoms with Crippen LogP contribution in [-0.2, 0) is 28.8 Å². The Hall–Kier alpha value is -4.07. The minimum absolute atomic E-state index is 0.0152. The van der Waals surface area contributed by atoms with Gasteiger partial charge in [-0.25, -0.2) is 4.79 Å². The van der Waals surface area contributed by atoms with Crippen molar-refractivity contribution in [3.05, 3.63) is 0 Å². The summed E-state index contributed by atoms with van der Waals surface area (Å²) in [5.74, 6) is -5.84. The predicted octanol–water partition coefficient (Wildman–Crippen LogP) is -4.07. The van der Waals surface area contributed by atoms with Crippen LogP contribution in [-0.4, -0.2) is 130 Å². The molecule has 0 bridgehead atoms. The minimum atomic E-state index is -1.63. The zero-order valence-electron chi connectivity index (χ0n) is 28.8. The fourth-order valence-corrected chi connectivity index (χ4v) is 5.23. The lowest BCUT2D eigenvalue weighted by atomic mass is 10.0. The molecule has 15 N–H and O–H groups in total. The van der Waals surface area contributed by atoms with Crippen LogP contribution in [0, 0.1) is 5.92 Å². The molecule has 19 heteroatoms. The van der Waals surface area contributed by atoms with Crippen molar-refractivity contribution >= 4 is 41.5 Å². The summed E-state index contributed by atoms with van der Waals surface area (Å²) in [7, 11) is 0. The Morgan fingerprint density at radius 3 is 1.94 bits per heavy atom. The van der Waals surface area contributed by atoms with Crippen molar-refractivity contribution in [2.45, 2.75) is 121 Å². The van der Waals surface area contributed by atoms with Crippen molar-refractivity contribution in [3.63, 3.8) is 0 Å².